The van der Waals surface area contributed by atoms with E-state index in [2.05, 4.69) is 34.8 Å². The summed E-state index contributed by atoms with van der Waals surface area (Å²) in [7, 11) is 2.12. The third-order valence-electron chi connectivity index (χ3n) is 3.39. The van der Waals surface area contributed by atoms with E-state index in [1.165, 1.54) is 0 Å². The van der Waals surface area contributed by atoms with Gasteiger partial charge in [-0.1, -0.05) is 0 Å². The topological polar surface area (TPSA) is 48.1 Å². The molecule has 5 nitrogen and oxygen atoms in total. The summed E-state index contributed by atoms with van der Waals surface area (Å²) in [6, 6.07) is 2.25. The van der Waals surface area contributed by atoms with Crippen LogP contribution in [-0.2, 0) is 6.54 Å². The molecule has 1 atom stereocenters. The van der Waals surface area contributed by atoms with Crippen LogP contribution < -0.4 is 0 Å². The highest BCUT2D eigenvalue weighted by atomic mass is 15.3. The predicted octanol–water partition coefficient (Wildman–Crippen LogP) is 0.715. The molecule has 0 aromatic carbocycles. The van der Waals surface area contributed by atoms with E-state index in [9.17, 15) is 5.26 Å². The summed E-state index contributed by atoms with van der Waals surface area (Å²) in [4.78, 5) is 8.68. The molecule has 1 aromatic heterocycles. The molecular weight excluding hydrogens is 214 g/mol. The first kappa shape index (κ1) is 12.1. The number of nitriles is 1. The van der Waals surface area contributed by atoms with Gasteiger partial charge in [-0.2, -0.15) is 5.26 Å². The third-order valence-corrected chi connectivity index (χ3v) is 3.39. The van der Waals surface area contributed by atoms with Gasteiger partial charge in [0.2, 0.25) is 0 Å². The monoisotopic (exact) mass is 233 g/mol. The van der Waals surface area contributed by atoms with E-state index < -0.39 is 0 Å². The van der Waals surface area contributed by atoms with Crippen LogP contribution in [0.4, 0.5) is 0 Å². The number of aryl methyl sites for hydroxylation is 1. The molecule has 17 heavy (non-hydrogen) atoms. The normalized spacial score (nSPS) is 20.1. The fraction of sp³-hybridized carbons (Fsp3) is 0.667. The maximum absolute atomic E-state index is 9.39. The first-order valence-electron chi connectivity index (χ1n) is 6.08. The van der Waals surface area contributed by atoms with E-state index in [-0.39, 0.29) is 6.04 Å². The molecule has 0 saturated carbocycles. The fourth-order valence-corrected chi connectivity index (χ4v) is 2.24. The zero-order chi connectivity index (χ0) is 12.3. The molecule has 5 heteroatoms. The average molecular weight is 233 g/mol. The van der Waals surface area contributed by atoms with Gasteiger partial charge >= 0.3 is 0 Å². The lowest BCUT2D eigenvalue weighted by atomic mass is 10.1. The fourth-order valence-electron chi connectivity index (χ4n) is 2.24. The number of hydrogen-bond acceptors (Lipinski definition) is 4. The number of rotatable bonds is 3. The predicted molar refractivity (Wildman–Crippen MR) is 65.3 cm³/mol. The Morgan fingerprint density at radius 3 is 2.71 bits per heavy atom. The van der Waals surface area contributed by atoms with Gasteiger partial charge in [0.25, 0.3) is 0 Å². The number of aromatic nitrogens is 2. The minimum absolute atomic E-state index is 0.161. The summed E-state index contributed by atoms with van der Waals surface area (Å²) >= 11 is 0. The molecule has 1 aromatic rings. The van der Waals surface area contributed by atoms with Crippen molar-refractivity contribution >= 4 is 0 Å². The molecule has 92 valence electrons. The Kier molecular flexibility index (Phi) is 3.77. The van der Waals surface area contributed by atoms with E-state index >= 15 is 0 Å². The highest BCUT2D eigenvalue weighted by Crippen LogP contribution is 2.20. The van der Waals surface area contributed by atoms with E-state index in [1.807, 2.05) is 10.8 Å². The van der Waals surface area contributed by atoms with Crippen molar-refractivity contribution in [1.82, 2.24) is 19.4 Å². The second-order valence-electron chi connectivity index (χ2n) is 4.48. The Morgan fingerprint density at radius 1 is 1.41 bits per heavy atom. The highest BCUT2D eigenvalue weighted by Gasteiger charge is 2.25. The smallest absolute Gasteiger partial charge is 0.140 e. The van der Waals surface area contributed by atoms with Crippen LogP contribution in [0.1, 0.15) is 18.7 Å². The lowest BCUT2D eigenvalue weighted by Crippen LogP contribution is -2.46. The standard InChI is InChI=1S/C12H19N5/c1-3-16-10-14-9-12(16)11(8-13)17-6-4-15(2)5-7-17/h9-11H,3-7H2,1-2H3. The summed E-state index contributed by atoms with van der Waals surface area (Å²) in [5.74, 6) is 0. The second-order valence-corrected chi connectivity index (χ2v) is 4.48. The van der Waals surface area contributed by atoms with Crippen molar-refractivity contribution < 1.29 is 0 Å². The minimum atomic E-state index is -0.161. The number of imidazole rings is 1. The zero-order valence-corrected chi connectivity index (χ0v) is 10.5. The number of hydrogen-bond donors (Lipinski definition) is 0. The van der Waals surface area contributed by atoms with E-state index in [0.29, 0.717) is 0 Å². The number of piperazine rings is 1. The van der Waals surface area contributed by atoms with E-state index in [0.717, 1.165) is 38.4 Å². The molecule has 0 aliphatic carbocycles. The molecule has 1 fully saturated rings. The van der Waals surface area contributed by atoms with Crippen LogP contribution in [0, 0.1) is 11.3 Å². The summed E-state index contributed by atoms with van der Waals surface area (Å²) in [6.07, 6.45) is 3.62. The Balaban J connectivity index is 2.14. The first-order chi connectivity index (χ1) is 8.26. The van der Waals surface area contributed by atoms with Gasteiger partial charge in [0, 0.05) is 32.7 Å². The van der Waals surface area contributed by atoms with Gasteiger partial charge in [-0.3, -0.25) is 4.90 Å². The second kappa shape index (κ2) is 5.30. The summed E-state index contributed by atoms with van der Waals surface area (Å²) in [5, 5.41) is 9.39. The van der Waals surface area contributed by atoms with Gasteiger partial charge in [0.15, 0.2) is 0 Å². The molecular formula is C12H19N5. The van der Waals surface area contributed by atoms with Crippen LogP contribution in [0.3, 0.4) is 0 Å². The molecule has 0 N–H and O–H groups in total. The molecule has 0 spiro atoms. The first-order valence-corrected chi connectivity index (χ1v) is 6.08. The number of nitrogens with zero attached hydrogens (tertiary/aromatic N) is 5. The summed E-state index contributed by atoms with van der Waals surface area (Å²) in [6.45, 7) is 6.88. The van der Waals surface area contributed by atoms with Crippen LogP contribution in [-0.4, -0.2) is 52.6 Å². The van der Waals surface area contributed by atoms with Crippen LogP contribution in [0.5, 0.6) is 0 Å². The summed E-state index contributed by atoms with van der Waals surface area (Å²) in [5.41, 5.74) is 1.01. The molecule has 0 bridgehead atoms. The van der Waals surface area contributed by atoms with Crippen LogP contribution in [0.15, 0.2) is 12.5 Å². The van der Waals surface area contributed by atoms with Crippen molar-refractivity contribution in [2.45, 2.75) is 19.5 Å². The molecule has 1 aliphatic heterocycles. The molecule has 1 aliphatic rings. The molecule has 2 rings (SSSR count). The van der Waals surface area contributed by atoms with Crippen LogP contribution in [0.2, 0.25) is 0 Å². The molecule has 0 radical (unpaired) electrons. The molecule has 1 unspecified atom stereocenters. The molecule has 2 heterocycles. The Bertz CT molecular complexity index is 397. The maximum Gasteiger partial charge on any atom is 0.140 e. The average Bonchev–Trinajstić information content (AvgIpc) is 2.81. The third kappa shape index (κ3) is 2.48. The Labute approximate surface area is 102 Å². The van der Waals surface area contributed by atoms with Crippen molar-refractivity contribution in [2.75, 3.05) is 33.2 Å². The summed E-state index contributed by atoms with van der Waals surface area (Å²) < 4.78 is 2.05. The Hall–Kier alpha value is -1.38. The lowest BCUT2D eigenvalue weighted by molar-refractivity contribution is 0.130. The Morgan fingerprint density at radius 2 is 2.12 bits per heavy atom. The van der Waals surface area contributed by atoms with Gasteiger partial charge in [-0.05, 0) is 14.0 Å². The van der Waals surface area contributed by atoms with Crippen molar-refractivity contribution in [3.8, 4) is 6.07 Å². The van der Waals surface area contributed by atoms with Crippen LogP contribution in [0.25, 0.3) is 0 Å². The van der Waals surface area contributed by atoms with Gasteiger partial charge in [0.1, 0.15) is 6.04 Å². The highest BCUT2D eigenvalue weighted by molar-refractivity contribution is 5.14. The van der Waals surface area contributed by atoms with Gasteiger partial charge in [-0.25, -0.2) is 4.98 Å². The lowest BCUT2D eigenvalue weighted by Gasteiger charge is -2.35. The van der Waals surface area contributed by atoms with Crippen molar-refractivity contribution in [2.24, 2.45) is 0 Å². The SMILES string of the molecule is CCn1cncc1C(C#N)N1CCN(C)CC1. The van der Waals surface area contributed by atoms with Gasteiger partial charge < -0.3 is 9.47 Å². The molecule has 0 amide bonds. The maximum atomic E-state index is 9.39. The molecule has 1 saturated heterocycles. The van der Waals surface area contributed by atoms with Crippen molar-refractivity contribution in [3.63, 3.8) is 0 Å². The largest absolute Gasteiger partial charge is 0.333 e. The van der Waals surface area contributed by atoms with Gasteiger partial charge in [0.05, 0.1) is 24.3 Å². The van der Waals surface area contributed by atoms with Gasteiger partial charge in [-0.15, -0.1) is 0 Å². The van der Waals surface area contributed by atoms with E-state index in [4.69, 9.17) is 0 Å². The van der Waals surface area contributed by atoms with E-state index in [1.54, 1.807) is 6.33 Å². The quantitative estimate of drug-likeness (QED) is 0.771. The zero-order valence-electron chi connectivity index (χ0n) is 10.5. The minimum Gasteiger partial charge on any atom is -0.333 e. The van der Waals surface area contributed by atoms with Crippen molar-refractivity contribution in [3.05, 3.63) is 18.2 Å². The van der Waals surface area contributed by atoms with Crippen LogP contribution >= 0.6 is 0 Å². The van der Waals surface area contributed by atoms with Crippen molar-refractivity contribution in [1.29, 1.82) is 5.26 Å². The number of likely N-dealkylation sites (N-methyl/N-ethyl adjacent to an activating group) is 1.